The average Bonchev–Trinajstić information content (AvgIpc) is 2.84. The molecule has 1 heterocycles. The molecule has 0 saturated heterocycles. The van der Waals surface area contributed by atoms with Gasteiger partial charge in [0.05, 0.1) is 19.3 Å². The van der Waals surface area contributed by atoms with Crippen LogP contribution in [0.3, 0.4) is 0 Å². The van der Waals surface area contributed by atoms with Gasteiger partial charge in [0.15, 0.2) is 0 Å². The number of pyridine rings is 1. The van der Waals surface area contributed by atoms with Gasteiger partial charge in [-0.3, -0.25) is 9.78 Å². The maximum absolute atomic E-state index is 13.6. The predicted molar refractivity (Wildman–Crippen MR) is 128 cm³/mol. The third kappa shape index (κ3) is 8.38. The topological polar surface area (TPSA) is 72.5 Å². The van der Waals surface area contributed by atoms with Gasteiger partial charge in [0, 0.05) is 31.8 Å². The summed E-state index contributed by atoms with van der Waals surface area (Å²) in [5, 5.41) is 6.25. The van der Waals surface area contributed by atoms with Crippen molar-refractivity contribution < 1.29 is 18.7 Å². The minimum absolute atomic E-state index is 0.170. The molecular formula is C26H30FN3O3. The number of amides is 1. The second-order valence-corrected chi connectivity index (χ2v) is 7.60. The average molecular weight is 452 g/mol. The predicted octanol–water partition coefficient (Wildman–Crippen LogP) is 4.08. The molecule has 1 atom stereocenters. The van der Waals surface area contributed by atoms with E-state index in [2.05, 4.69) is 15.6 Å². The number of methoxy groups -OCH3 is 1. The quantitative estimate of drug-likeness (QED) is 0.383. The summed E-state index contributed by atoms with van der Waals surface area (Å²) in [5.41, 5.74) is 3.55. The van der Waals surface area contributed by atoms with Crippen LogP contribution < -0.4 is 10.6 Å². The van der Waals surface area contributed by atoms with Crippen molar-refractivity contribution >= 4 is 11.6 Å². The van der Waals surface area contributed by atoms with Crippen molar-refractivity contribution in [2.45, 2.75) is 18.9 Å². The third-order valence-corrected chi connectivity index (χ3v) is 5.10. The van der Waals surface area contributed by atoms with E-state index in [1.807, 2.05) is 42.5 Å². The number of aromatic nitrogens is 1. The Bertz CT molecular complexity index is 984. The van der Waals surface area contributed by atoms with Crippen LogP contribution in [0.5, 0.6) is 0 Å². The van der Waals surface area contributed by atoms with E-state index in [1.54, 1.807) is 25.6 Å². The molecule has 33 heavy (non-hydrogen) atoms. The molecule has 0 fully saturated rings. The summed E-state index contributed by atoms with van der Waals surface area (Å²) in [6.07, 6.45) is 4.62. The molecule has 2 aromatic carbocycles. The Morgan fingerprint density at radius 3 is 2.48 bits per heavy atom. The smallest absolute Gasteiger partial charge is 0.241 e. The Kier molecular flexibility index (Phi) is 9.97. The lowest BCUT2D eigenvalue weighted by molar-refractivity contribution is -0.118. The highest BCUT2D eigenvalue weighted by atomic mass is 19.1. The molecule has 2 N–H and O–H groups in total. The van der Waals surface area contributed by atoms with Crippen LogP contribution in [0.25, 0.3) is 11.1 Å². The zero-order valence-corrected chi connectivity index (χ0v) is 18.8. The lowest BCUT2D eigenvalue weighted by Gasteiger charge is -2.19. The fourth-order valence-corrected chi connectivity index (χ4v) is 3.37. The second-order valence-electron chi connectivity index (χ2n) is 7.60. The number of rotatable bonds is 13. The Labute approximate surface area is 194 Å². The number of nitrogens with zero attached hydrogens (tertiary/aromatic N) is 1. The molecule has 0 aliphatic rings. The van der Waals surface area contributed by atoms with Crippen molar-refractivity contribution in [1.29, 1.82) is 0 Å². The number of anilines is 1. The van der Waals surface area contributed by atoms with Crippen molar-refractivity contribution in [3.8, 4) is 11.1 Å². The lowest BCUT2D eigenvalue weighted by atomic mass is 10.0. The van der Waals surface area contributed by atoms with Crippen LogP contribution in [0.4, 0.5) is 10.1 Å². The summed E-state index contributed by atoms with van der Waals surface area (Å²) >= 11 is 0. The van der Waals surface area contributed by atoms with Crippen LogP contribution in [-0.4, -0.2) is 50.4 Å². The standard InChI is InChI=1S/C26H30FN3O3/c1-32-16-17-33-15-3-12-29-25(19-20-4-2-5-23(27)18-20)26(31)30-24-8-6-21(7-9-24)22-10-13-28-14-11-22/h2,4-11,13-14,18,25,29H,3,12,15-17,19H2,1H3,(H,30,31)/t25-/m1/s1. The van der Waals surface area contributed by atoms with Crippen molar-refractivity contribution in [2.75, 3.05) is 38.8 Å². The van der Waals surface area contributed by atoms with Gasteiger partial charge in [-0.15, -0.1) is 0 Å². The first-order valence-electron chi connectivity index (χ1n) is 11.0. The summed E-state index contributed by atoms with van der Waals surface area (Å²) in [6.45, 7) is 2.26. The van der Waals surface area contributed by atoms with Crippen molar-refractivity contribution in [1.82, 2.24) is 10.3 Å². The fourth-order valence-electron chi connectivity index (χ4n) is 3.37. The molecule has 1 aromatic heterocycles. The van der Waals surface area contributed by atoms with Gasteiger partial charge >= 0.3 is 0 Å². The Hall–Kier alpha value is -3.13. The first kappa shape index (κ1) is 24.5. The Morgan fingerprint density at radius 2 is 1.76 bits per heavy atom. The molecule has 0 aliphatic carbocycles. The third-order valence-electron chi connectivity index (χ3n) is 5.10. The van der Waals surface area contributed by atoms with Gasteiger partial charge < -0.3 is 20.1 Å². The van der Waals surface area contributed by atoms with Crippen LogP contribution in [0.2, 0.25) is 0 Å². The van der Waals surface area contributed by atoms with Crippen LogP contribution in [-0.2, 0) is 20.7 Å². The largest absolute Gasteiger partial charge is 0.382 e. The van der Waals surface area contributed by atoms with Gasteiger partial charge in [-0.25, -0.2) is 4.39 Å². The van der Waals surface area contributed by atoms with Crippen LogP contribution in [0.15, 0.2) is 73.1 Å². The minimum atomic E-state index is -0.509. The van der Waals surface area contributed by atoms with Crippen LogP contribution in [0.1, 0.15) is 12.0 Å². The number of hydrogen-bond donors (Lipinski definition) is 2. The summed E-state index contributed by atoms with van der Waals surface area (Å²) in [6, 6.07) is 17.3. The first-order chi connectivity index (χ1) is 16.2. The second kappa shape index (κ2) is 13.4. The highest BCUT2D eigenvalue weighted by molar-refractivity contribution is 5.95. The summed E-state index contributed by atoms with van der Waals surface area (Å²) in [4.78, 5) is 17.1. The number of carbonyl (C=O) groups is 1. The molecule has 0 unspecified atom stereocenters. The van der Waals surface area contributed by atoms with Crippen molar-refractivity contribution in [2.24, 2.45) is 0 Å². The number of nitrogens with one attached hydrogen (secondary N) is 2. The molecule has 0 radical (unpaired) electrons. The normalized spacial score (nSPS) is 11.8. The monoisotopic (exact) mass is 451 g/mol. The Morgan fingerprint density at radius 1 is 1.00 bits per heavy atom. The fraction of sp³-hybridized carbons (Fsp3) is 0.308. The zero-order valence-electron chi connectivity index (χ0n) is 18.8. The van der Waals surface area contributed by atoms with Crippen molar-refractivity contribution in [3.05, 3.63) is 84.4 Å². The number of carbonyl (C=O) groups excluding carboxylic acids is 1. The summed E-state index contributed by atoms with van der Waals surface area (Å²) < 4.78 is 24.1. The molecule has 174 valence electrons. The van der Waals surface area contributed by atoms with E-state index in [0.717, 1.165) is 23.1 Å². The number of hydrogen-bond acceptors (Lipinski definition) is 5. The molecule has 1 amide bonds. The van der Waals surface area contributed by atoms with Crippen molar-refractivity contribution in [3.63, 3.8) is 0 Å². The van der Waals surface area contributed by atoms with Gasteiger partial charge in [0.1, 0.15) is 5.82 Å². The van der Waals surface area contributed by atoms with Gasteiger partial charge in [0.2, 0.25) is 5.91 Å². The van der Waals surface area contributed by atoms with E-state index < -0.39 is 6.04 Å². The van der Waals surface area contributed by atoms with E-state index >= 15 is 0 Å². The van der Waals surface area contributed by atoms with E-state index in [4.69, 9.17) is 9.47 Å². The van der Waals surface area contributed by atoms with E-state index in [9.17, 15) is 9.18 Å². The number of benzene rings is 2. The molecule has 6 nitrogen and oxygen atoms in total. The highest BCUT2D eigenvalue weighted by Gasteiger charge is 2.19. The van der Waals surface area contributed by atoms with Gasteiger partial charge in [0.25, 0.3) is 0 Å². The van der Waals surface area contributed by atoms with Gasteiger partial charge in [-0.05, 0) is 72.5 Å². The molecule has 0 saturated carbocycles. The molecule has 7 heteroatoms. The first-order valence-corrected chi connectivity index (χ1v) is 11.0. The maximum Gasteiger partial charge on any atom is 0.241 e. The molecule has 0 bridgehead atoms. The maximum atomic E-state index is 13.6. The summed E-state index contributed by atoms with van der Waals surface area (Å²) in [5.74, 6) is -0.485. The lowest BCUT2D eigenvalue weighted by Crippen LogP contribution is -2.42. The molecule has 0 spiro atoms. The SMILES string of the molecule is COCCOCCCN[C@H](Cc1cccc(F)c1)C(=O)Nc1ccc(-c2ccncc2)cc1. The van der Waals surface area contributed by atoms with Gasteiger partial charge in [-0.2, -0.15) is 0 Å². The van der Waals surface area contributed by atoms with Crippen LogP contribution >= 0.6 is 0 Å². The van der Waals surface area contributed by atoms with Gasteiger partial charge in [-0.1, -0.05) is 24.3 Å². The minimum Gasteiger partial charge on any atom is -0.382 e. The van der Waals surface area contributed by atoms with E-state index in [0.29, 0.717) is 38.5 Å². The zero-order chi connectivity index (χ0) is 23.3. The number of ether oxygens (including phenoxy) is 2. The van der Waals surface area contributed by atoms with Crippen LogP contribution in [0, 0.1) is 5.82 Å². The molecular weight excluding hydrogens is 421 g/mol. The Balaban J connectivity index is 1.59. The number of halogens is 1. The molecule has 0 aliphatic heterocycles. The highest BCUT2D eigenvalue weighted by Crippen LogP contribution is 2.20. The molecule has 3 aromatic rings. The van der Waals surface area contributed by atoms with E-state index in [-0.39, 0.29) is 11.7 Å². The molecule has 3 rings (SSSR count). The van der Waals surface area contributed by atoms with E-state index in [1.165, 1.54) is 12.1 Å². The summed E-state index contributed by atoms with van der Waals surface area (Å²) in [7, 11) is 1.63.